The van der Waals surface area contributed by atoms with Crippen LogP contribution in [0.4, 0.5) is 0 Å². The first-order chi connectivity index (χ1) is 7.84. The zero-order chi connectivity index (χ0) is 11.0. The minimum Gasteiger partial charge on any atom is -0.357 e. The summed E-state index contributed by atoms with van der Waals surface area (Å²) < 4.78 is 7.54. The first-order valence-corrected chi connectivity index (χ1v) is 5.92. The summed E-state index contributed by atoms with van der Waals surface area (Å²) >= 11 is 0. The van der Waals surface area contributed by atoms with Gasteiger partial charge < -0.3 is 4.74 Å². The molecule has 1 saturated heterocycles. The lowest BCUT2D eigenvalue weighted by molar-refractivity contribution is -0.0395. The third kappa shape index (κ3) is 1.52. The largest absolute Gasteiger partial charge is 0.357 e. The van der Waals surface area contributed by atoms with E-state index in [9.17, 15) is 0 Å². The Labute approximate surface area is 94.8 Å². The molecule has 84 valence electrons. The van der Waals surface area contributed by atoms with Gasteiger partial charge in [0.15, 0.2) is 0 Å². The van der Waals surface area contributed by atoms with E-state index in [0.29, 0.717) is 0 Å². The van der Waals surface area contributed by atoms with Gasteiger partial charge in [-0.3, -0.25) is 0 Å². The van der Waals surface area contributed by atoms with Crippen molar-refractivity contribution in [3.63, 3.8) is 0 Å². The minimum absolute atomic E-state index is 0.0805. The number of nitrogens with zero attached hydrogens (tertiary/aromatic N) is 3. The summed E-state index contributed by atoms with van der Waals surface area (Å²) in [7, 11) is 0. The maximum absolute atomic E-state index is 9.11. The SMILES string of the molecule is N#CC1(c2cnn(C3CCCCO3)c2)CC1. The second-order valence-electron chi connectivity index (χ2n) is 4.72. The summed E-state index contributed by atoms with van der Waals surface area (Å²) in [5.74, 6) is 0. The molecule has 0 spiro atoms. The van der Waals surface area contributed by atoms with Crippen LogP contribution in [0.1, 0.15) is 43.9 Å². The zero-order valence-corrected chi connectivity index (χ0v) is 9.22. The van der Waals surface area contributed by atoms with E-state index in [-0.39, 0.29) is 11.6 Å². The van der Waals surface area contributed by atoms with Crippen molar-refractivity contribution in [2.45, 2.75) is 43.7 Å². The molecule has 16 heavy (non-hydrogen) atoms. The molecule has 2 aliphatic rings. The fourth-order valence-corrected chi connectivity index (χ4v) is 2.27. The highest BCUT2D eigenvalue weighted by molar-refractivity contribution is 5.35. The fraction of sp³-hybridized carbons (Fsp3) is 0.667. The van der Waals surface area contributed by atoms with Crippen molar-refractivity contribution in [3.8, 4) is 6.07 Å². The van der Waals surface area contributed by atoms with Gasteiger partial charge in [0.1, 0.15) is 6.23 Å². The van der Waals surface area contributed by atoms with E-state index in [1.807, 2.05) is 17.1 Å². The maximum atomic E-state index is 9.11. The van der Waals surface area contributed by atoms with Crippen LogP contribution in [0.3, 0.4) is 0 Å². The fourth-order valence-electron chi connectivity index (χ4n) is 2.27. The lowest BCUT2D eigenvalue weighted by atomic mass is 10.0. The van der Waals surface area contributed by atoms with Crippen molar-refractivity contribution in [2.24, 2.45) is 0 Å². The summed E-state index contributed by atoms with van der Waals surface area (Å²) in [6.07, 6.45) is 9.22. The van der Waals surface area contributed by atoms with Gasteiger partial charge in [0, 0.05) is 18.4 Å². The highest BCUT2D eigenvalue weighted by Crippen LogP contribution is 2.47. The second kappa shape index (κ2) is 3.60. The van der Waals surface area contributed by atoms with Gasteiger partial charge in [-0.2, -0.15) is 10.4 Å². The van der Waals surface area contributed by atoms with Gasteiger partial charge in [-0.05, 0) is 32.1 Å². The van der Waals surface area contributed by atoms with E-state index in [2.05, 4.69) is 11.2 Å². The van der Waals surface area contributed by atoms with Gasteiger partial charge in [-0.25, -0.2) is 4.68 Å². The van der Waals surface area contributed by atoms with Crippen LogP contribution >= 0.6 is 0 Å². The van der Waals surface area contributed by atoms with Crippen molar-refractivity contribution in [1.82, 2.24) is 9.78 Å². The van der Waals surface area contributed by atoms with Crippen molar-refractivity contribution < 1.29 is 4.74 Å². The lowest BCUT2D eigenvalue weighted by Crippen LogP contribution is -2.18. The molecule has 0 aromatic carbocycles. The third-order valence-corrected chi connectivity index (χ3v) is 3.57. The molecule has 1 aliphatic heterocycles. The highest BCUT2D eigenvalue weighted by Gasteiger charge is 2.46. The van der Waals surface area contributed by atoms with Gasteiger partial charge in [0.25, 0.3) is 0 Å². The quantitative estimate of drug-likeness (QED) is 0.762. The minimum atomic E-state index is -0.229. The van der Waals surface area contributed by atoms with Crippen LogP contribution in [0.15, 0.2) is 12.4 Å². The molecule has 2 fully saturated rings. The molecule has 1 aliphatic carbocycles. The smallest absolute Gasteiger partial charge is 0.150 e. The molecule has 1 aromatic heterocycles. The van der Waals surface area contributed by atoms with Crippen molar-refractivity contribution >= 4 is 0 Å². The molecule has 2 heterocycles. The van der Waals surface area contributed by atoms with Crippen molar-refractivity contribution in [3.05, 3.63) is 18.0 Å². The van der Waals surface area contributed by atoms with Crippen LogP contribution in [0.2, 0.25) is 0 Å². The number of hydrogen-bond acceptors (Lipinski definition) is 3. The Kier molecular flexibility index (Phi) is 2.22. The molecule has 3 rings (SSSR count). The Balaban J connectivity index is 1.80. The van der Waals surface area contributed by atoms with Crippen LogP contribution in [0, 0.1) is 11.3 Å². The number of hydrogen-bond donors (Lipinski definition) is 0. The Morgan fingerprint density at radius 1 is 1.50 bits per heavy atom. The van der Waals surface area contributed by atoms with Crippen LogP contribution in [-0.4, -0.2) is 16.4 Å². The zero-order valence-electron chi connectivity index (χ0n) is 9.22. The van der Waals surface area contributed by atoms with Crippen LogP contribution in [0.25, 0.3) is 0 Å². The van der Waals surface area contributed by atoms with E-state index >= 15 is 0 Å². The highest BCUT2D eigenvalue weighted by atomic mass is 16.5. The lowest BCUT2D eigenvalue weighted by Gasteiger charge is -2.22. The standard InChI is InChI=1S/C12H15N3O/c13-9-12(4-5-12)10-7-14-15(8-10)11-3-1-2-6-16-11/h7-8,11H,1-6H2. The molecule has 4 nitrogen and oxygen atoms in total. The van der Waals surface area contributed by atoms with E-state index < -0.39 is 0 Å². The predicted octanol–water partition coefficient (Wildman–Crippen LogP) is 2.14. The maximum Gasteiger partial charge on any atom is 0.150 e. The van der Waals surface area contributed by atoms with Gasteiger partial charge in [-0.1, -0.05) is 0 Å². The van der Waals surface area contributed by atoms with E-state index in [1.165, 1.54) is 6.42 Å². The van der Waals surface area contributed by atoms with Crippen LogP contribution < -0.4 is 0 Å². The number of aromatic nitrogens is 2. The van der Waals surface area contributed by atoms with E-state index in [4.69, 9.17) is 10.00 Å². The van der Waals surface area contributed by atoms with Crippen molar-refractivity contribution in [2.75, 3.05) is 6.61 Å². The third-order valence-electron chi connectivity index (χ3n) is 3.57. The van der Waals surface area contributed by atoms with Gasteiger partial charge >= 0.3 is 0 Å². The summed E-state index contributed by atoms with van der Waals surface area (Å²) in [5, 5.41) is 13.4. The molecule has 0 N–H and O–H groups in total. The summed E-state index contributed by atoms with van der Waals surface area (Å²) in [6, 6.07) is 2.39. The Bertz CT molecular complexity index is 422. The molecule has 0 amide bonds. The first-order valence-electron chi connectivity index (χ1n) is 5.92. The molecule has 1 atom stereocenters. The van der Waals surface area contributed by atoms with E-state index in [1.54, 1.807) is 0 Å². The van der Waals surface area contributed by atoms with Gasteiger partial charge in [-0.15, -0.1) is 0 Å². The molecule has 1 unspecified atom stereocenters. The molecule has 4 heteroatoms. The topological polar surface area (TPSA) is 50.8 Å². The van der Waals surface area contributed by atoms with Gasteiger partial charge in [0.05, 0.1) is 17.7 Å². The molecule has 0 bridgehead atoms. The van der Waals surface area contributed by atoms with Crippen molar-refractivity contribution in [1.29, 1.82) is 5.26 Å². The second-order valence-corrected chi connectivity index (χ2v) is 4.72. The number of ether oxygens (including phenoxy) is 1. The average molecular weight is 217 g/mol. The average Bonchev–Trinajstić information content (AvgIpc) is 3.00. The first kappa shape index (κ1) is 9.86. The van der Waals surface area contributed by atoms with Crippen LogP contribution in [-0.2, 0) is 10.2 Å². The number of rotatable bonds is 2. The molecular weight excluding hydrogens is 202 g/mol. The monoisotopic (exact) mass is 217 g/mol. The summed E-state index contributed by atoms with van der Waals surface area (Å²) in [4.78, 5) is 0. The normalized spacial score (nSPS) is 27.3. The Morgan fingerprint density at radius 2 is 2.38 bits per heavy atom. The molecule has 1 aromatic rings. The summed E-state index contributed by atoms with van der Waals surface area (Å²) in [6.45, 7) is 0.823. The molecule has 0 radical (unpaired) electrons. The summed E-state index contributed by atoms with van der Waals surface area (Å²) in [5.41, 5.74) is 0.830. The van der Waals surface area contributed by atoms with Crippen LogP contribution in [0.5, 0.6) is 0 Å². The predicted molar refractivity (Wildman–Crippen MR) is 57.6 cm³/mol. The molecular formula is C12H15N3O. The van der Waals surface area contributed by atoms with E-state index in [0.717, 1.165) is 37.9 Å². The van der Waals surface area contributed by atoms with Gasteiger partial charge in [0.2, 0.25) is 0 Å². The Hall–Kier alpha value is -1.34. The number of nitriles is 1. The molecule has 1 saturated carbocycles. The Morgan fingerprint density at radius 3 is 3.00 bits per heavy atom.